The summed E-state index contributed by atoms with van der Waals surface area (Å²) in [5.41, 5.74) is 1.95. The van der Waals surface area contributed by atoms with Crippen molar-refractivity contribution in [1.29, 1.82) is 0 Å². The molecule has 0 aliphatic carbocycles. The first-order valence-electron chi connectivity index (χ1n) is 10.1. The number of hydrogen-bond donors (Lipinski definition) is 1. The molecular weight excluding hydrogens is 414 g/mol. The van der Waals surface area contributed by atoms with Crippen LogP contribution in [-0.2, 0) is 9.57 Å². The number of benzene rings is 1. The van der Waals surface area contributed by atoms with Crippen LogP contribution in [0.2, 0.25) is 0 Å². The van der Waals surface area contributed by atoms with Gasteiger partial charge in [-0.25, -0.2) is 9.78 Å². The van der Waals surface area contributed by atoms with Gasteiger partial charge in [0.15, 0.2) is 5.82 Å². The highest BCUT2D eigenvalue weighted by atomic mass is 16.7. The average Bonchev–Trinajstić information content (AvgIpc) is 2.79. The van der Waals surface area contributed by atoms with Crippen LogP contribution in [0.15, 0.2) is 60.9 Å². The summed E-state index contributed by atoms with van der Waals surface area (Å²) < 4.78 is 16.5. The van der Waals surface area contributed by atoms with Gasteiger partial charge in [0.25, 0.3) is 0 Å². The van der Waals surface area contributed by atoms with E-state index in [-0.39, 0.29) is 6.10 Å². The van der Waals surface area contributed by atoms with Crippen LogP contribution in [0.25, 0.3) is 11.1 Å². The Morgan fingerprint density at radius 2 is 2.03 bits per heavy atom. The van der Waals surface area contributed by atoms with Gasteiger partial charge in [-0.3, -0.25) is 5.32 Å². The van der Waals surface area contributed by atoms with Crippen molar-refractivity contribution in [2.45, 2.75) is 6.10 Å². The smallest absolute Gasteiger partial charge is 0.432 e. The first-order valence-corrected chi connectivity index (χ1v) is 10.1. The third-order valence-corrected chi connectivity index (χ3v) is 4.58. The SMILES string of the molecule is COCCOc1cccc(-c2ccc(OC3CN(OC(=O)Nc4cccnn4)C3)nc2)c1. The molecule has 0 saturated carbocycles. The van der Waals surface area contributed by atoms with Crippen molar-refractivity contribution in [2.75, 3.05) is 38.7 Å². The molecule has 10 heteroatoms. The van der Waals surface area contributed by atoms with Gasteiger partial charge in [0.2, 0.25) is 5.88 Å². The van der Waals surface area contributed by atoms with Crippen LogP contribution in [0.1, 0.15) is 0 Å². The van der Waals surface area contributed by atoms with Gasteiger partial charge in [-0.05, 0) is 35.9 Å². The van der Waals surface area contributed by atoms with Gasteiger partial charge in [-0.1, -0.05) is 12.1 Å². The van der Waals surface area contributed by atoms with Gasteiger partial charge < -0.3 is 19.0 Å². The number of pyridine rings is 1. The van der Waals surface area contributed by atoms with E-state index >= 15 is 0 Å². The average molecular weight is 437 g/mol. The number of carbonyl (C=O) groups excluding carboxylic acids is 1. The third kappa shape index (κ3) is 5.90. The molecule has 2 aromatic heterocycles. The molecule has 1 amide bonds. The fourth-order valence-corrected chi connectivity index (χ4v) is 2.96. The van der Waals surface area contributed by atoms with Crippen molar-refractivity contribution < 1.29 is 23.8 Å². The molecule has 3 heterocycles. The quantitative estimate of drug-likeness (QED) is 0.506. The third-order valence-electron chi connectivity index (χ3n) is 4.58. The summed E-state index contributed by atoms with van der Waals surface area (Å²) in [6, 6.07) is 14.8. The molecule has 4 rings (SSSR count). The molecule has 0 bridgehead atoms. The van der Waals surface area contributed by atoms with Crippen molar-refractivity contribution in [3.05, 3.63) is 60.9 Å². The van der Waals surface area contributed by atoms with E-state index in [0.29, 0.717) is 38.0 Å². The molecule has 1 fully saturated rings. The monoisotopic (exact) mass is 437 g/mol. The lowest BCUT2D eigenvalue weighted by Gasteiger charge is -2.36. The maximum atomic E-state index is 11.8. The van der Waals surface area contributed by atoms with Crippen LogP contribution in [0, 0.1) is 0 Å². The molecule has 0 unspecified atom stereocenters. The molecule has 1 saturated heterocycles. The van der Waals surface area contributed by atoms with Gasteiger partial charge >= 0.3 is 6.09 Å². The normalized spacial score (nSPS) is 13.8. The summed E-state index contributed by atoms with van der Waals surface area (Å²) >= 11 is 0. The fraction of sp³-hybridized carbons (Fsp3) is 0.273. The Morgan fingerprint density at radius 3 is 2.78 bits per heavy atom. The predicted octanol–water partition coefficient (Wildman–Crippen LogP) is 2.79. The van der Waals surface area contributed by atoms with Crippen molar-refractivity contribution in [3.63, 3.8) is 0 Å². The van der Waals surface area contributed by atoms with Crippen LogP contribution < -0.4 is 14.8 Å². The topological polar surface area (TPSA) is 108 Å². The number of aromatic nitrogens is 3. The van der Waals surface area contributed by atoms with E-state index in [1.807, 2.05) is 36.4 Å². The van der Waals surface area contributed by atoms with E-state index in [4.69, 9.17) is 19.0 Å². The van der Waals surface area contributed by atoms with E-state index in [2.05, 4.69) is 20.5 Å². The Morgan fingerprint density at radius 1 is 1.12 bits per heavy atom. The predicted molar refractivity (Wildman–Crippen MR) is 115 cm³/mol. The first kappa shape index (κ1) is 21.5. The largest absolute Gasteiger partial charge is 0.491 e. The van der Waals surface area contributed by atoms with Gasteiger partial charge in [-0.2, -0.15) is 5.10 Å². The van der Waals surface area contributed by atoms with Gasteiger partial charge in [0.05, 0.1) is 19.7 Å². The molecule has 166 valence electrons. The number of nitrogens with zero attached hydrogens (tertiary/aromatic N) is 4. The molecule has 1 aliphatic heterocycles. The maximum absolute atomic E-state index is 11.8. The van der Waals surface area contributed by atoms with Crippen LogP contribution in [0.3, 0.4) is 0 Å². The summed E-state index contributed by atoms with van der Waals surface area (Å²) in [6.07, 6.45) is 2.53. The van der Waals surface area contributed by atoms with Gasteiger partial charge in [0.1, 0.15) is 18.5 Å². The molecule has 1 aliphatic rings. The molecule has 0 radical (unpaired) electrons. The lowest BCUT2D eigenvalue weighted by Crippen LogP contribution is -2.54. The Bertz CT molecular complexity index is 1010. The van der Waals surface area contributed by atoms with E-state index in [1.54, 1.807) is 25.4 Å². The number of ether oxygens (including phenoxy) is 3. The summed E-state index contributed by atoms with van der Waals surface area (Å²) in [4.78, 5) is 21.4. The van der Waals surface area contributed by atoms with E-state index < -0.39 is 6.09 Å². The summed E-state index contributed by atoms with van der Waals surface area (Å²) in [5.74, 6) is 1.61. The Balaban J connectivity index is 1.23. The second-order valence-electron chi connectivity index (χ2n) is 6.95. The highest BCUT2D eigenvalue weighted by Crippen LogP contribution is 2.25. The zero-order valence-corrected chi connectivity index (χ0v) is 17.5. The molecule has 3 aromatic rings. The van der Waals surface area contributed by atoms with Crippen molar-refractivity contribution >= 4 is 11.9 Å². The van der Waals surface area contributed by atoms with E-state index in [9.17, 15) is 4.79 Å². The number of methoxy groups -OCH3 is 1. The van der Waals surface area contributed by atoms with Crippen LogP contribution >= 0.6 is 0 Å². The fourth-order valence-electron chi connectivity index (χ4n) is 2.96. The Labute approximate surface area is 185 Å². The molecule has 1 N–H and O–H groups in total. The lowest BCUT2D eigenvalue weighted by molar-refractivity contribution is -0.181. The molecule has 32 heavy (non-hydrogen) atoms. The van der Waals surface area contributed by atoms with E-state index in [0.717, 1.165) is 16.9 Å². The highest BCUT2D eigenvalue weighted by Gasteiger charge is 2.32. The Hall–Kier alpha value is -3.76. The zero-order chi connectivity index (χ0) is 22.2. The highest BCUT2D eigenvalue weighted by molar-refractivity contribution is 5.82. The second-order valence-corrected chi connectivity index (χ2v) is 6.95. The second kappa shape index (κ2) is 10.5. The maximum Gasteiger partial charge on any atom is 0.432 e. The molecule has 10 nitrogen and oxygen atoms in total. The number of rotatable bonds is 9. The first-order chi connectivity index (χ1) is 15.7. The van der Waals surface area contributed by atoms with Crippen LogP contribution in [0.4, 0.5) is 10.6 Å². The summed E-state index contributed by atoms with van der Waals surface area (Å²) in [6.45, 7) is 1.92. The van der Waals surface area contributed by atoms with Gasteiger partial charge in [-0.15, -0.1) is 10.2 Å². The summed E-state index contributed by atoms with van der Waals surface area (Å²) in [7, 11) is 1.64. The standard InChI is InChI=1S/C22H23N5O5/c1-29-10-11-30-18-5-2-4-16(12-18)17-7-8-21(23-13-17)31-19-14-27(15-19)32-22(28)25-20-6-3-9-24-26-20/h2-9,12-13,19H,10-11,14-15H2,1H3,(H,25,26,28). The van der Waals surface area contributed by atoms with Crippen LogP contribution in [0.5, 0.6) is 11.6 Å². The number of anilines is 1. The molecule has 0 atom stereocenters. The molecule has 1 aromatic carbocycles. The van der Waals surface area contributed by atoms with Crippen molar-refractivity contribution in [2.24, 2.45) is 0 Å². The molecular formula is C22H23N5O5. The zero-order valence-electron chi connectivity index (χ0n) is 17.5. The number of hydroxylamine groups is 2. The number of hydrogen-bond acceptors (Lipinski definition) is 9. The number of amides is 1. The number of nitrogens with one attached hydrogen (secondary N) is 1. The van der Waals surface area contributed by atoms with Crippen LogP contribution in [-0.4, -0.2) is 65.9 Å². The van der Waals surface area contributed by atoms with E-state index in [1.165, 1.54) is 11.3 Å². The summed E-state index contributed by atoms with van der Waals surface area (Å²) in [5, 5.41) is 11.4. The number of carbonyl (C=O) groups is 1. The van der Waals surface area contributed by atoms with Crippen molar-refractivity contribution in [3.8, 4) is 22.8 Å². The minimum absolute atomic E-state index is 0.116. The van der Waals surface area contributed by atoms with Gasteiger partial charge in [0, 0.05) is 31.1 Å². The Kier molecular flexibility index (Phi) is 7.05. The van der Waals surface area contributed by atoms with Crippen molar-refractivity contribution in [1.82, 2.24) is 20.2 Å². The lowest BCUT2D eigenvalue weighted by atomic mass is 10.1. The minimum atomic E-state index is -0.625. The molecule has 0 spiro atoms. The minimum Gasteiger partial charge on any atom is -0.491 e.